The number of nitrogens with one attached hydrogen (secondary N) is 1. The van der Waals surface area contributed by atoms with Gasteiger partial charge in [0.25, 0.3) is 0 Å². The van der Waals surface area contributed by atoms with Crippen LogP contribution in [-0.4, -0.2) is 40.3 Å². The summed E-state index contributed by atoms with van der Waals surface area (Å²) in [6.07, 6.45) is 2.43. The quantitative estimate of drug-likeness (QED) is 0.665. The van der Waals surface area contributed by atoms with Crippen molar-refractivity contribution in [1.82, 2.24) is 19.5 Å². The first-order valence-corrected chi connectivity index (χ1v) is 8.66. The summed E-state index contributed by atoms with van der Waals surface area (Å²) >= 11 is 0. The van der Waals surface area contributed by atoms with Crippen molar-refractivity contribution in [2.45, 2.75) is 25.6 Å². The summed E-state index contributed by atoms with van der Waals surface area (Å²) in [4.78, 5) is 12.2. The second-order valence-electron chi connectivity index (χ2n) is 6.16. The molecule has 9 heteroatoms. The van der Waals surface area contributed by atoms with Gasteiger partial charge in [-0.15, -0.1) is 0 Å². The van der Waals surface area contributed by atoms with Crippen molar-refractivity contribution < 1.29 is 18.6 Å². The zero-order valence-electron chi connectivity index (χ0n) is 15.1. The molecule has 27 heavy (non-hydrogen) atoms. The average Bonchev–Trinajstić information content (AvgIpc) is 3.35. The lowest BCUT2D eigenvalue weighted by molar-refractivity contribution is 0.0592. The number of ether oxygens (including phenoxy) is 3. The van der Waals surface area contributed by atoms with Gasteiger partial charge in [0, 0.05) is 18.7 Å². The topological polar surface area (TPSA) is 83.3 Å². The molecule has 0 aliphatic carbocycles. The van der Waals surface area contributed by atoms with E-state index < -0.39 is 6.08 Å². The van der Waals surface area contributed by atoms with Crippen LogP contribution in [0.2, 0.25) is 0 Å². The maximum atomic E-state index is 14.0. The van der Waals surface area contributed by atoms with Crippen molar-refractivity contribution in [3.63, 3.8) is 0 Å². The standard InChI is InChI=1S/C18H20FN5O3/c1-25-12-5-6-13(26-2)11(8-12)9-20-16-15-17(23-18(19)22-16)24(10-21-15)14-4-3-7-27-14/h5-6,8,10,14H,3-4,7,9H2,1-2H3,(H,20,22,23). The molecule has 1 aromatic carbocycles. The van der Waals surface area contributed by atoms with Gasteiger partial charge in [0.15, 0.2) is 17.0 Å². The molecule has 1 unspecified atom stereocenters. The second-order valence-corrected chi connectivity index (χ2v) is 6.16. The van der Waals surface area contributed by atoms with Crippen molar-refractivity contribution in [3.8, 4) is 11.5 Å². The van der Waals surface area contributed by atoms with E-state index in [0.717, 1.165) is 18.4 Å². The first kappa shape index (κ1) is 17.5. The molecule has 1 aliphatic rings. The highest BCUT2D eigenvalue weighted by Gasteiger charge is 2.22. The molecule has 0 bridgehead atoms. The van der Waals surface area contributed by atoms with Crippen molar-refractivity contribution in [3.05, 3.63) is 36.2 Å². The molecule has 1 saturated heterocycles. The number of rotatable bonds is 6. The van der Waals surface area contributed by atoms with E-state index in [1.807, 2.05) is 18.2 Å². The van der Waals surface area contributed by atoms with E-state index in [2.05, 4.69) is 20.3 Å². The van der Waals surface area contributed by atoms with Gasteiger partial charge in [-0.2, -0.15) is 14.4 Å². The molecule has 0 spiro atoms. The zero-order chi connectivity index (χ0) is 18.8. The Morgan fingerprint density at radius 3 is 2.93 bits per heavy atom. The van der Waals surface area contributed by atoms with E-state index in [9.17, 15) is 4.39 Å². The number of methoxy groups -OCH3 is 2. The van der Waals surface area contributed by atoms with Crippen molar-refractivity contribution >= 4 is 17.0 Å². The third-order valence-electron chi connectivity index (χ3n) is 4.54. The monoisotopic (exact) mass is 373 g/mol. The summed E-state index contributed by atoms with van der Waals surface area (Å²) < 4.78 is 32.1. The fourth-order valence-electron chi connectivity index (χ4n) is 3.20. The van der Waals surface area contributed by atoms with E-state index in [-0.39, 0.29) is 6.23 Å². The summed E-state index contributed by atoms with van der Waals surface area (Å²) in [5.41, 5.74) is 1.76. The Labute approximate surface area is 155 Å². The van der Waals surface area contributed by atoms with Gasteiger partial charge in [0.05, 0.1) is 20.5 Å². The van der Waals surface area contributed by atoms with Crippen LogP contribution >= 0.6 is 0 Å². The SMILES string of the molecule is COc1ccc(OC)c(CNc2nc(F)nc3c2ncn3C2CCCO2)c1. The van der Waals surface area contributed by atoms with Crippen LogP contribution in [0.4, 0.5) is 10.2 Å². The van der Waals surface area contributed by atoms with Gasteiger partial charge in [0.1, 0.15) is 17.7 Å². The van der Waals surface area contributed by atoms with Crippen LogP contribution in [0.5, 0.6) is 11.5 Å². The predicted octanol–water partition coefficient (Wildman–Crippen LogP) is 2.90. The number of hydrogen-bond acceptors (Lipinski definition) is 7. The largest absolute Gasteiger partial charge is 0.497 e. The van der Waals surface area contributed by atoms with Gasteiger partial charge in [0.2, 0.25) is 0 Å². The van der Waals surface area contributed by atoms with E-state index >= 15 is 0 Å². The number of halogens is 1. The molecule has 3 heterocycles. The highest BCUT2D eigenvalue weighted by molar-refractivity contribution is 5.82. The molecule has 142 valence electrons. The summed E-state index contributed by atoms with van der Waals surface area (Å²) in [6.45, 7) is 1.04. The van der Waals surface area contributed by atoms with Crippen LogP contribution in [0.3, 0.4) is 0 Å². The fraction of sp³-hybridized carbons (Fsp3) is 0.389. The summed E-state index contributed by atoms with van der Waals surface area (Å²) in [6, 6.07) is 5.48. The Morgan fingerprint density at radius 1 is 1.30 bits per heavy atom. The van der Waals surface area contributed by atoms with E-state index in [1.54, 1.807) is 25.1 Å². The highest BCUT2D eigenvalue weighted by atomic mass is 19.1. The number of nitrogens with zero attached hydrogens (tertiary/aromatic N) is 4. The Bertz CT molecular complexity index is 956. The lowest BCUT2D eigenvalue weighted by Gasteiger charge is -2.13. The predicted molar refractivity (Wildman–Crippen MR) is 96.4 cm³/mol. The normalized spacial score (nSPS) is 16.6. The van der Waals surface area contributed by atoms with Gasteiger partial charge in [-0.25, -0.2) is 4.98 Å². The minimum atomic E-state index is -0.817. The molecule has 0 amide bonds. The highest BCUT2D eigenvalue weighted by Crippen LogP contribution is 2.29. The Hall–Kier alpha value is -2.94. The molecule has 1 fully saturated rings. The Balaban J connectivity index is 1.64. The van der Waals surface area contributed by atoms with Crippen molar-refractivity contribution in [2.75, 3.05) is 26.1 Å². The van der Waals surface area contributed by atoms with E-state index in [1.165, 1.54) is 0 Å². The van der Waals surface area contributed by atoms with Crippen LogP contribution in [0.15, 0.2) is 24.5 Å². The minimum absolute atomic E-state index is 0.171. The maximum absolute atomic E-state index is 14.0. The second kappa shape index (κ2) is 7.36. The number of anilines is 1. The minimum Gasteiger partial charge on any atom is -0.497 e. The maximum Gasteiger partial charge on any atom is 0.312 e. The molecule has 3 aromatic rings. The van der Waals surface area contributed by atoms with Crippen LogP contribution in [0.25, 0.3) is 11.2 Å². The molecular formula is C18H20FN5O3. The third-order valence-corrected chi connectivity index (χ3v) is 4.54. The fourth-order valence-corrected chi connectivity index (χ4v) is 3.20. The van der Waals surface area contributed by atoms with Crippen LogP contribution in [0.1, 0.15) is 24.6 Å². The summed E-state index contributed by atoms with van der Waals surface area (Å²) in [5.74, 6) is 1.72. The van der Waals surface area contributed by atoms with Gasteiger partial charge < -0.3 is 19.5 Å². The zero-order valence-corrected chi connectivity index (χ0v) is 15.1. The number of benzene rings is 1. The van der Waals surface area contributed by atoms with Crippen LogP contribution in [0, 0.1) is 6.08 Å². The van der Waals surface area contributed by atoms with Crippen LogP contribution < -0.4 is 14.8 Å². The number of fused-ring (bicyclic) bond motifs is 1. The molecule has 1 N–H and O–H groups in total. The number of imidazole rings is 1. The van der Waals surface area contributed by atoms with E-state index in [0.29, 0.717) is 41.6 Å². The number of hydrogen-bond donors (Lipinski definition) is 1. The van der Waals surface area contributed by atoms with E-state index in [4.69, 9.17) is 14.2 Å². The van der Waals surface area contributed by atoms with Gasteiger partial charge >= 0.3 is 6.08 Å². The molecule has 8 nitrogen and oxygen atoms in total. The summed E-state index contributed by atoms with van der Waals surface area (Å²) in [5, 5.41) is 3.13. The molecule has 0 saturated carbocycles. The molecule has 0 radical (unpaired) electrons. The molecule has 4 rings (SSSR count). The third kappa shape index (κ3) is 3.37. The lowest BCUT2D eigenvalue weighted by atomic mass is 10.2. The first-order chi connectivity index (χ1) is 13.2. The van der Waals surface area contributed by atoms with Gasteiger partial charge in [-0.05, 0) is 31.0 Å². The molecule has 2 aromatic heterocycles. The smallest absolute Gasteiger partial charge is 0.312 e. The first-order valence-electron chi connectivity index (χ1n) is 8.66. The number of aromatic nitrogens is 4. The Kier molecular flexibility index (Phi) is 4.76. The van der Waals surface area contributed by atoms with Crippen molar-refractivity contribution in [1.29, 1.82) is 0 Å². The Morgan fingerprint density at radius 2 is 2.19 bits per heavy atom. The molecular weight excluding hydrogens is 353 g/mol. The summed E-state index contributed by atoms with van der Waals surface area (Å²) in [7, 11) is 3.19. The molecule has 1 aliphatic heterocycles. The lowest BCUT2D eigenvalue weighted by Crippen LogP contribution is -2.09. The van der Waals surface area contributed by atoms with Crippen LogP contribution in [-0.2, 0) is 11.3 Å². The average molecular weight is 373 g/mol. The molecule has 1 atom stereocenters. The van der Waals surface area contributed by atoms with Crippen molar-refractivity contribution in [2.24, 2.45) is 0 Å². The van der Waals surface area contributed by atoms with Gasteiger partial charge in [-0.1, -0.05) is 0 Å². The van der Waals surface area contributed by atoms with Gasteiger partial charge in [-0.3, -0.25) is 4.57 Å².